The zero-order valence-electron chi connectivity index (χ0n) is 13.7. The Morgan fingerprint density at radius 3 is 2.79 bits per heavy atom. The normalized spacial score (nSPS) is 10.8. The second-order valence-electron chi connectivity index (χ2n) is 5.31. The van der Waals surface area contributed by atoms with Gasteiger partial charge in [0, 0.05) is 39.1 Å². The number of methoxy groups -OCH3 is 1. The van der Waals surface area contributed by atoms with Gasteiger partial charge in [0.05, 0.1) is 18.1 Å². The molecule has 0 fully saturated rings. The van der Waals surface area contributed by atoms with E-state index in [0.717, 1.165) is 12.8 Å². The lowest BCUT2D eigenvalue weighted by Gasteiger charge is -2.12. The molecule has 0 bridgehead atoms. The van der Waals surface area contributed by atoms with Crippen LogP contribution in [0, 0.1) is 0 Å². The van der Waals surface area contributed by atoms with Crippen LogP contribution in [0.5, 0.6) is 0 Å². The molecule has 2 rings (SSSR count). The van der Waals surface area contributed by atoms with Crippen molar-refractivity contribution in [2.24, 2.45) is 7.05 Å². The van der Waals surface area contributed by atoms with Crippen LogP contribution in [0.3, 0.4) is 0 Å². The molecule has 130 valence electrons. The topological polar surface area (TPSA) is 111 Å². The third-order valence-electron chi connectivity index (χ3n) is 3.42. The van der Waals surface area contributed by atoms with Gasteiger partial charge in [-0.3, -0.25) is 18.8 Å². The summed E-state index contributed by atoms with van der Waals surface area (Å²) in [6.07, 6.45) is 6.43. The molecule has 2 aromatic heterocycles. The maximum absolute atomic E-state index is 12.5. The highest BCUT2D eigenvalue weighted by atomic mass is 16.5. The third kappa shape index (κ3) is 4.42. The molecule has 0 saturated carbocycles. The summed E-state index contributed by atoms with van der Waals surface area (Å²) in [6, 6.07) is 0. The van der Waals surface area contributed by atoms with Crippen LogP contribution >= 0.6 is 0 Å². The molecule has 9 nitrogen and oxygen atoms in total. The molecule has 0 unspecified atom stereocenters. The summed E-state index contributed by atoms with van der Waals surface area (Å²) in [6.45, 7) is 0.771. The molecule has 2 heterocycles. The number of aliphatic carboxylic acids is 1. The van der Waals surface area contributed by atoms with Crippen LogP contribution in [0.2, 0.25) is 0 Å². The van der Waals surface area contributed by atoms with Gasteiger partial charge in [0.15, 0.2) is 5.82 Å². The van der Waals surface area contributed by atoms with Crippen LogP contribution in [-0.2, 0) is 23.1 Å². The van der Waals surface area contributed by atoms with Crippen molar-refractivity contribution in [1.82, 2.24) is 19.3 Å². The molecule has 0 aliphatic heterocycles. The molecule has 0 atom stereocenters. The Balaban J connectivity index is 2.26. The number of aromatic nitrogens is 4. The number of hydrogen-bond donors (Lipinski definition) is 2. The lowest BCUT2D eigenvalue weighted by molar-refractivity contribution is -0.137. The highest BCUT2D eigenvalue weighted by molar-refractivity contribution is 5.68. The molecule has 9 heteroatoms. The average Bonchev–Trinajstić information content (AvgIpc) is 2.96. The van der Waals surface area contributed by atoms with Gasteiger partial charge in [-0.15, -0.1) is 0 Å². The van der Waals surface area contributed by atoms with Crippen molar-refractivity contribution in [3.8, 4) is 11.3 Å². The third-order valence-corrected chi connectivity index (χ3v) is 3.42. The molecule has 0 aliphatic rings. The summed E-state index contributed by atoms with van der Waals surface area (Å²) in [5.41, 5.74) is 0.584. The van der Waals surface area contributed by atoms with Gasteiger partial charge in [-0.2, -0.15) is 5.10 Å². The molecule has 2 aromatic rings. The van der Waals surface area contributed by atoms with E-state index in [9.17, 15) is 9.59 Å². The number of nitrogens with one attached hydrogen (secondary N) is 1. The lowest BCUT2D eigenvalue weighted by Crippen LogP contribution is -2.29. The van der Waals surface area contributed by atoms with E-state index >= 15 is 0 Å². The zero-order chi connectivity index (χ0) is 17.5. The Morgan fingerprint density at radius 2 is 2.17 bits per heavy atom. The van der Waals surface area contributed by atoms with Crippen molar-refractivity contribution >= 4 is 11.8 Å². The van der Waals surface area contributed by atoms with Gasteiger partial charge in [-0.25, -0.2) is 4.98 Å². The number of hydrogen-bond acceptors (Lipinski definition) is 6. The molecule has 0 aliphatic carbocycles. The number of unbranched alkanes of at least 4 members (excludes halogenated alkanes) is 1. The number of carboxylic acids is 1. The van der Waals surface area contributed by atoms with Gasteiger partial charge in [0.1, 0.15) is 6.54 Å². The molecular formula is C15H21N5O4. The number of carbonyl (C=O) groups is 1. The average molecular weight is 335 g/mol. The maximum Gasteiger partial charge on any atom is 0.323 e. The van der Waals surface area contributed by atoms with Crippen molar-refractivity contribution in [1.29, 1.82) is 0 Å². The number of aryl methyl sites for hydroxylation is 1. The number of carboxylic acid groups (broad SMARTS) is 1. The lowest BCUT2D eigenvalue weighted by atomic mass is 10.2. The second-order valence-corrected chi connectivity index (χ2v) is 5.31. The summed E-state index contributed by atoms with van der Waals surface area (Å²) in [5, 5.41) is 16.1. The smallest absolute Gasteiger partial charge is 0.323 e. The summed E-state index contributed by atoms with van der Waals surface area (Å²) in [7, 11) is 3.38. The predicted octanol–water partition coefficient (Wildman–Crippen LogP) is 0.567. The van der Waals surface area contributed by atoms with Crippen molar-refractivity contribution in [3.63, 3.8) is 0 Å². The minimum Gasteiger partial charge on any atom is -0.480 e. The fourth-order valence-corrected chi connectivity index (χ4v) is 2.26. The van der Waals surface area contributed by atoms with Crippen molar-refractivity contribution < 1.29 is 14.6 Å². The van der Waals surface area contributed by atoms with E-state index in [4.69, 9.17) is 9.84 Å². The minimum atomic E-state index is -1.10. The molecule has 24 heavy (non-hydrogen) atoms. The standard InChI is InChI=1S/C15H21N5O4/c1-19-9-11(7-18-19)12-8-17-14(16-5-3-4-6-24-2)15(23)20(12)10-13(21)22/h7-9H,3-6,10H2,1-2H3,(H,16,17)(H,21,22). The Kier molecular flexibility index (Phi) is 6.07. The highest BCUT2D eigenvalue weighted by Crippen LogP contribution is 2.17. The second kappa shape index (κ2) is 8.25. The first-order valence-electron chi connectivity index (χ1n) is 7.56. The molecule has 0 aromatic carbocycles. The van der Waals surface area contributed by atoms with E-state index in [1.807, 2.05) is 0 Å². The fourth-order valence-electron chi connectivity index (χ4n) is 2.26. The van der Waals surface area contributed by atoms with Crippen molar-refractivity contribution in [2.75, 3.05) is 25.6 Å². The highest BCUT2D eigenvalue weighted by Gasteiger charge is 2.15. The number of anilines is 1. The monoisotopic (exact) mass is 335 g/mol. The Labute approximate surface area is 138 Å². The SMILES string of the molecule is COCCCCNc1ncc(-c2cnn(C)c2)n(CC(=O)O)c1=O. The van der Waals surface area contributed by atoms with Crippen LogP contribution in [-0.4, -0.2) is 50.7 Å². The minimum absolute atomic E-state index is 0.140. The van der Waals surface area contributed by atoms with E-state index in [0.29, 0.717) is 24.4 Å². The molecule has 0 amide bonds. The van der Waals surface area contributed by atoms with Gasteiger partial charge in [0.25, 0.3) is 5.56 Å². The summed E-state index contributed by atoms with van der Waals surface area (Å²) in [5.74, 6) is -0.958. The van der Waals surface area contributed by atoms with E-state index in [1.54, 1.807) is 31.2 Å². The summed E-state index contributed by atoms with van der Waals surface area (Å²) >= 11 is 0. The largest absolute Gasteiger partial charge is 0.480 e. The first-order valence-corrected chi connectivity index (χ1v) is 7.56. The van der Waals surface area contributed by atoms with E-state index in [-0.39, 0.29) is 5.82 Å². The van der Waals surface area contributed by atoms with Crippen LogP contribution in [0.25, 0.3) is 11.3 Å². The number of rotatable bonds is 9. The fraction of sp³-hybridized carbons (Fsp3) is 0.467. The summed E-state index contributed by atoms with van der Waals surface area (Å²) < 4.78 is 7.73. The Morgan fingerprint density at radius 1 is 1.38 bits per heavy atom. The molecule has 2 N–H and O–H groups in total. The van der Waals surface area contributed by atoms with Gasteiger partial charge in [0.2, 0.25) is 0 Å². The van der Waals surface area contributed by atoms with Crippen molar-refractivity contribution in [3.05, 3.63) is 28.9 Å². The first-order chi connectivity index (χ1) is 11.5. The first kappa shape index (κ1) is 17.7. The maximum atomic E-state index is 12.5. The van der Waals surface area contributed by atoms with E-state index < -0.39 is 18.1 Å². The number of nitrogens with zero attached hydrogens (tertiary/aromatic N) is 4. The van der Waals surface area contributed by atoms with Gasteiger partial charge in [-0.05, 0) is 12.8 Å². The van der Waals surface area contributed by atoms with E-state index in [2.05, 4.69) is 15.4 Å². The zero-order valence-corrected chi connectivity index (χ0v) is 13.7. The molecule has 0 saturated heterocycles. The molecule has 0 spiro atoms. The van der Waals surface area contributed by atoms with Gasteiger partial charge in [-0.1, -0.05) is 0 Å². The predicted molar refractivity (Wildman–Crippen MR) is 87.9 cm³/mol. The van der Waals surface area contributed by atoms with Crippen LogP contribution in [0.4, 0.5) is 5.82 Å². The summed E-state index contributed by atoms with van der Waals surface area (Å²) in [4.78, 5) is 27.8. The van der Waals surface area contributed by atoms with Crippen LogP contribution < -0.4 is 10.9 Å². The number of ether oxygens (including phenoxy) is 1. The molecule has 0 radical (unpaired) electrons. The van der Waals surface area contributed by atoms with Crippen LogP contribution in [0.15, 0.2) is 23.4 Å². The van der Waals surface area contributed by atoms with E-state index in [1.165, 1.54) is 10.8 Å². The van der Waals surface area contributed by atoms with Crippen molar-refractivity contribution in [2.45, 2.75) is 19.4 Å². The Hall–Kier alpha value is -2.68. The van der Waals surface area contributed by atoms with Gasteiger partial charge >= 0.3 is 5.97 Å². The quantitative estimate of drug-likeness (QED) is 0.644. The van der Waals surface area contributed by atoms with Gasteiger partial charge < -0.3 is 15.2 Å². The Bertz CT molecular complexity index is 753. The van der Waals surface area contributed by atoms with Crippen LogP contribution in [0.1, 0.15) is 12.8 Å². The molecular weight excluding hydrogens is 314 g/mol.